The normalized spacial score (nSPS) is 10.2. The number of aromatic nitrogens is 2. The average molecular weight is 634 g/mol. The van der Waals surface area contributed by atoms with Crippen molar-refractivity contribution >= 4 is 81.2 Å². The van der Waals surface area contributed by atoms with Gasteiger partial charge in [0.15, 0.2) is 0 Å². The molecule has 4 N–H and O–H groups in total. The summed E-state index contributed by atoms with van der Waals surface area (Å²) in [5, 5.41) is 13.5. The lowest BCUT2D eigenvalue weighted by atomic mass is 10.2. The molecular formula is C29H28Cl4N6O2. The summed E-state index contributed by atoms with van der Waals surface area (Å²) in [4.78, 5) is 32.5. The van der Waals surface area contributed by atoms with Crippen LogP contribution in [0.15, 0.2) is 73.1 Å². The molecule has 2 amide bonds. The fraction of sp³-hybridized carbons (Fsp3) is 0.172. The Labute approximate surface area is 258 Å². The lowest BCUT2D eigenvalue weighted by Gasteiger charge is -2.09. The van der Waals surface area contributed by atoms with E-state index in [2.05, 4.69) is 31.2 Å². The predicted molar refractivity (Wildman–Crippen MR) is 170 cm³/mol. The Morgan fingerprint density at radius 3 is 1.54 bits per heavy atom. The lowest BCUT2D eigenvalue weighted by molar-refractivity contribution is 0.101. The molecule has 0 atom stereocenters. The van der Waals surface area contributed by atoms with Crippen LogP contribution in [0.4, 0.5) is 23.0 Å². The molecular weight excluding hydrogens is 606 g/mol. The molecule has 2 heterocycles. The van der Waals surface area contributed by atoms with Crippen LogP contribution in [0, 0.1) is 0 Å². The van der Waals surface area contributed by atoms with Gasteiger partial charge in [-0.15, -0.1) is 0 Å². The summed E-state index contributed by atoms with van der Waals surface area (Å²) < 4.78 is 0. The topological polar surface area (TPSA) is 108 Å². The van der Waals surface area contributed by atoms with Crippen molar-refractivity contribution in [3.8, 4) is 0 Å². The molecule has 0 fully saturated rings. The summed E-state index contributed by atoms with van der Waals surface area (Å²) in [7, 11) is 0. The zero-order chi connectivity index (χ0) is 29.8. The van der Waals surface area contributed by atoms with Crippen LogP contribution in [0.5, 0.6) is 0 Å². The van der Waals surface area contributed by atoms with Crippen LogP contribution in [-0.2, 0) is 0 Å². The van der Waals surface area contributed by atoms with E-state index in [0.717, 1.165) is 13.0 Å². The van der Waals surface area contributed by atoms with E-state index in [1.165, 1.54) is 12.4 Å². The van der Waals surface area contributed by atoms with E-state index in [-0.39, 0.29) is 11.8 Å². The molecule has 4 rings (SSSR count). The molecule has 0 aliphatic heterocycles. The van der Waals surface area contributed by atoms with E-state index < -0.39 is 0 Å². The molecule has 2 aromatic heterocycles. The molecule has 0 aliphatic carbocycles. The largest absolute Gasteiger partial charge is 0.369 e. The highest BCUT2D eigenvalue weighted by Crippen LogP contribution is 2.23. The lowest BCUT2D eigenvalue weighted by Crippen LogP contribution is -2.13. The molecule has 0 aliphatic rings. The van der Waals surface area contributed by atoms with Crippen LogP contribution >= 0.6 is 46.4 Å². The molecule has 0 spiro atoms. The number of hydrogen-bond donors (Lipinski definition) is 4. The number of pyridine rings is 2. The van der Waals surface area contributed by atoms with Crippen molar-refractivity contribution in [3.05, 3.63) is 104 Å². The molecule has 0 saturated heterocycles. The van der Waals surface area contributed by atoms with Crippen molar-refractivity contribution in [1.29, 1.82) is 0 Å². The standard InChI is InChI=1S/C15H15Cl2N3O.C14H13Cl2N3O/c1-2-6-18-14-13(17)7-10(9-19-14)15(21)20-12-5-3-4-11(16)8-12;1-2-17-13-12(16)6-9(8-18-13)14(20)19-11-5-3-4-10(15)7-11/h3-5,7-9H,2,6H2,1H3,(H,18,19)(H,20,21);3-8H,2H2,1H3,(H,17,18)(H,19,20). The minimum absolute atomic E-state index is 0.284. The van der Waals surface area contributed by atoms with Gasteiger partial charge in [-0.2, -0.15) is 0 Å². The van der Waals surface area contributed by atoms with E-state index >= 15 is 0 Å². The van der Waals surface area contributed by atoms with Crippen LogP contribution in [-0.4, -0.2) is 34.9 Å². The van der Waals surface area contributed by atoms with Gasteiger partial charge in [0, 0.05) is 46.9 Å². The number of nitrogens with one attached hydrogen (secondary N) is 4. The van der Waals surface area contributed by atoms with Gasteiger partial charge in [-0.3, -0.25) is 9.59 Å². The Morgan fingerprint density at radius 1 is 0.683 bits per heavy atom. The SMILES string of the molecule is CCCNc1ncc(C(=O)Nc2cccc(Cl)c2)cc1Cl.CCNc1ncc(C(=O)Nc2cccc(Cl)c2)cc1Cl. The highest BCUT2D eigenvalue weighted by Gasteiger charge is 2.11. The molecule has 12 heteroatoms. The number of carbonyl (C=O) groups excluding carboxylic acids is 2. The summed E-state index contributed by atoms with van der Waals surface area (Å²) in [5.41, 5.74) is 2.02. The molecule has 41 heavy (non-hydrogen) atoms. The number of amides is 2. The summed E-state index contributed by atoms with van der Waals surface area (Å²) >= 11 is 23.9. The maximum Gasteiger partial charge on any atom is 0.257 e. The predicted octanol–water partition coefficient (Wildman–Crippen LogP) is 8.54. The first-order valence-corrected chi connectivity index (χ1v) is 14.1. The minimum atomic E-state index is -0.287. The Morgan fingerprint density at radius 2 is 1.15 bits per heavy atom. The van der Waals surface area contributed by atoms with Crippen molar-refractivity contribution in [3.63, 3.8) is 0 Å². The van der Waals surface area contributed by atoms with Gasteiger partial charge in [0.2, 0.25) is 0 Å². The number of nitrogens with zero attached hydrogens (tertiary/aromatic N) is 2. The highest BCUT2D eigenvalue weighted by atomic mass is 35.5. The number of rotatable bonds is 9. The first-order valence-electron chi connectivity index (χ1n) is 12.6. The second-order valence-electron chi connectivity index (χ2n) is 8.49. The van der Waals surface area contributed by atoms with Gasteiger partial charge in [-0.05, 0) is 61.9 Å². The van der Waals surface area contributed by atoms with Crippen molar-refractivity contribution < 1.29 is 9.59 Å². The van der Waals surface area contributed by atoms with Gasteiger partial charge in [0.1, 0.15) is 11.6 Å². The second-order valence-corrected chi connectivity index (χ2v) is 10.2. The Kier molecular flexibility index (Phi) is 12.5. The molecule has 0 radical (unpaired) electrons. The van der Waals surface area contributed by atoms with Crippen molar-refractivity contribution in [2.24, 2.45) is 0 Å². The van der Waals surface area contributed by atoms with Gasteiger partial charge >= 0.3 is 0 Å². The smallest absolute Gasteiger partial charge is 0.257 e. The average Bonchev–Trinajstić information content (AvgIpc) is 2.94. The minimum Gasteiger partial charge on any atom is -0.369 e. The summed E-state index contributed by atoms with van der Waals surface area (Å²) in [6.07, 6.45) is 3.93. The van der Waals surface area contributed by atoms with E-state index in [0.29, 0.717) is 60.8 Å². The van der Waals surface area contributed by atoms with E-state index in [4.69, 9.17) is 46.4 Å². The van der Waals surface area contributed by atoms with Gasteiger partial charge in [0.25, 0.3) is 11.8 Å². The Bertz CT molecular complexity index is 1500. The molecule has 214 valence electrons. The fourth-order valence-corrected chi connectivity index (χ4v) is 4.18. The Balaban J connectivity index is 0.000000226. The van der Waals surface area contributed by atoms with Gasteiger partial charge in [-0.25, -0.2) is 9.97 Å². The highest BCUT2D eigenvalue weighted by molar-refractivity contribution is 6.34. The number of halogens is 4. The van der Waals surface area contributed by atoms with E-state index in [1.54, 1.807) is 60.7 Å². The molecule has 2 aromatic carbocycles. The van der Waals surface area contributed by atoms with Crippen molar-refractivity contribution in [1.82, 2.24) is 9.97 Å². The molecule has 0 unspecified atom stereocenters. The van der Waals surface area contributed by atoms with Crippen LogP contribution in [0.2, 0.25) is 20.1 Å². The van der Waals surface area contributed by atoms with Crippen LogP contribution in [0.1, 0.15) is 41.0 Å². The third-order valence-electron chi connectivity index (χ3n) is 5.26. The van der Waals surface area contributed by atoms with Crippen LogP contribution in [0.3, 0.4) is 0 Å². The molecule has 0 bridgehead atoms. The maximum atomic E-state index is 12.1. The summed E-state index contributed by atoms with van der Waals surface area (Å²) in [6.45, 7) is 5.48. The van der Waals surface area contributed by atoms with Crippen LogP contribution in [0.25, 0.3) is 0 Å². The Hall–Kier alpha value is -3.56. The van der Waals surface area contributed by atoms with Crippen molar-refractivity contribution in [2.75, 3.05) is 34.4 Å². The first kappa shape index (κ1) is 32.0. The third-order valence-corrected chi connectivity index (χ3v) is 6.30. The van der Waals surface area contributed by atoms with Gasteiger partial charge in [0.05, 0.1) is 21.2 Å². The number of benzene rings is 2. The monoisotopic (exact) mass is 632 g/mol. The molecule has 8 nitrogen and oxygen atoms in total. The number of anilines is 4. The number of hydrogen-bond acceptors (Lipinski definition) is 6. The van der Waals surface area contributed by atoms with Gasteiger partial charge < -0.3 is 21.3 Å². The van der Waals surface area contributed by atoms with Gasteiger partial charge in [-0.1, -0.05) is 65.5 Å². The fourth-order valence-electron chi connectivity index (χ4n) is 3.33. The first-order chi connectivity index (χ1) is 19.7. The quantitative estimate of drug-likeness (QED) is 0.147. The van der Waals surface area contributed by atoms with E-state index in [9.17, 15) is 9.59 Å². The second kappa shape index (κ2) is 16.0. The van der Waals surface area contributed by atoms with Crippen LogP contribution < -0.4 is 21.3 Å². The third kappa shape index (κ3) is 10.1. The summed E-state index contributed by atoms with van der Waals surface area (Å²) in [5.74, 6) is 0.574. The summed E-state index contributed by atoms with van der Waals surface area (Å²) in [6, 6.07) is 17.0. The maximum absolute atomic E-state index is 12.1. The van der Waals surface area contributed by atoms with Crippen molar-refractivity contribution in [2.45, 2.75) is 20.3 Å². The number of carbonyl (C=O) groups is 2. The zero-order valence-corrected chi connectivity index (χ0v) is 25.3. The molecule has 0 saturated carbocycles. The molecule has 4 aromatic rings. The zero-order valence-electron chi connectivity index (χ0n) is 22.3. The van der Waals surface area contributed by atoms with E-state index in [1.807, 2.05) is 13.8 Å².